The first-order valence-electron chi connectivity index (χ1n) is 5.31. The van der Waals surface area contributed by atoms with E-state index in [4.69, 9.17) is 0 Å². The molecule has 1 aliphatic rings. The van der Waals surface area contributed by atoms with Gasteiger partial charge in [-0.1, -0.05) is 0 Å². The molecule has 92 valence electrons. The van der Waals surface area contributed by atoms with E-state index in [-0.39, 0.29) is 12.4 Å². The van der Waals surface area contributed by atoms with E-state index in [0.717, 1.165) is 37.9 Å². The molecule has 0 bridgehead atoms. The fourth-order valence-electron chi connectivity index (χ4n) is 1.67. The summed E-state index contributed by atoms with van der Waals surface area (Å²) in [5.74, 6) is 0. The molecule has 0 saturated carbocycles. The van der Waals surface area contributed by atoms with Crippen molar-refractivity contribution in [3.8, 4) is 0 Å². The van der Waals surface area contributed by atoms with Gasteiger partial charge >= 0.3 is 0 Å². The van der Waals surface area contributed by atoms with Crippen LogP contribution >= 0.6 is 23.7 Å². The summed E-state index contributed by atoms with van der Waals surface area (Å²) in [5, 5.41) is 4.46. The van der Waals surface area contributed by atoms with E-state index in [2.05, 4.69) is 20.1 Å². The highest BCUT2D eigenvalue weighted by atomic mass is 35.5. The molecule has 0 amide bonds. The highest BCUT2D eigenvalue weighted by Gasteiger charge is 2.11. The van der Waals surface area contributed by atoms with Crippen LogP contribution in [0.2, 0.25) is 0 Å². The Morgan fingerprint density at radius 1 is 1.44 bits per heavy atom. The van der Waals surface area contributed by atoms with Crippen molar-refractivity contribution in [2.45, 2.75) is 6.54 Å². The highest BCUT2D eigenvalue weighted by molar-refractivity contribution is 7.15. The molecule has 0 spiro atoms. The molecule has 2 rings (SSSR count). The molecule has 1 saturated heterocycles. The van der Waals surface area contributed by atoms with Crippen molar-refractivity contribution in [1.82, 2.24) is 15.2 Å². The van der Waals surface area contributed by atoms with Crippen molar-refractivity contribution in [3.63, 3.8) is 0 Å². The monoisotopic (exact) mass is 262 g/mol. The number of hydrogen-bond donors (Lipinski definition) is 1. The van der Waals surface area contributed by atoms with E-state index in [1.165, 1.54) is 4.88 Å². The number of aromatic nitrogens is 1. The average molecular weight is 263 g/mol. The first kappa shape index (κ1) is 13.7. The van der Waals surface area contributed by atoms with E-state index in [0.29, 0.717) is 0 Å². The largest absolute Gasteiger partial charge is 0.354 e. The zero-order chi connectivity index (χ0) is 10.7. The molecule has 4 nitrogen and oxygen atoms in total. The Morgan fingerprint density at radius 3 is 2.69 bits per heavy atom. The lowest BCUT2D eigenvalue weighted by Crippen LogP contribution is -2.42. The third kappa shape index (κ3) is 3.59. The van der Waals surface area contributed by atoms with Crippen LogP contribution in [0.25, 0.3) is 0 Å². The van der Waals surface area contributed by atoms with Gasteiger partial charge in [0.2, 0.25) is 0 Å². The number of halogens is 1. The van der Waals surface area contributed by atoms with Gasteiger partial charge in [0.05, 0.1) is 0 Å². The second-order valence-electron chi connectivity index (χ2n) is 4.03. The topological polar surface area (TPSA) is 31.4 Å². The average Bonchev–Trinajstić information content (AvgIpc) is 2.68. The Bertz CT molecular complexity index is 310. The van der Waals surface area contributed by atoms with Crippen LogP contribution in [0.4, 0.5) is 5.13 Å². The molecule has 1 fully saturated rings. The van der Waals surface area contributed by atoms with E-state index in [1.807, 2.05) is 20.3 Å². The summed E-state index contributed by atoms with van der Waals surface area (Å²) >= 11 is 1.79. The van der Waals surface area contributed by atoms with Gasteiger partial charge in [-0.3, -0.25) is 4.90 Å². The zero-order valence-electron chi connectivity index (χ0n) is 9.77. The summed E-state index contributed by atoms with van der Waals surface area (Å²) < 4.78 is 0. The molecule has 1 aliphatic heterocycles. The van der Waals surface area contributed by atoms with Crippen molar-refractivity contribution >= 4 is 28.9 Å². The second-order valence-corrected chi connectivity index (χ2v) is 5.12. The SMILES string of the molecule is CN(C)c1ncc(CN2CCNCC2)s1.Cl. The van der Waals surface area contributed by atoms with Gasteiger partial charge in [-0.05, 0) is 0 Å². The smallest absolute Gasteiger partial charge is 0.185 e. The maximum absolute atomic E-state index is 4.38. The molecule has 1 aromatic heterocycles. The molecular weight excluding hydrogens is 244 g/mol. The molecule has 16 heavy (non-hydrogen) atoms. The fraction of sp³-hybridized carbons (Fsp3) is 0.700. The van der Waals surface area contributed by atoms with Crippen LogP contribution in [0.5, 0.6) is 0 Å². The molecular formula is C10H19ClN4S. The Labute approximate surface area is 107 Å². The Kier molecular flexibility index (Phi) is 5.48. The maximum atomic E-state index is 4.38. The van der Waals surface area contributed by atoms with Gasteiger partial charge in [-0.15, -0.1) is 23.7 Å². The number of thiazole rings is 1. The molecule has 0 radical (unpaired) electrons. The van der Waals surface area contributed by atoms with Crippen LogP contribution in [0.1, 0.15) is 4.88 Å². The first-order valence-corrected chi connectivity index (χ1v) is 6.12. The van der Waals surface area contributed by atoms with Crippen LogP contribution in [0.15, 0.2) is 6.20 Å². The summed E-state index contributed by atoms with van der Waals surface area (Å²) in [7, 11) is 4.07. The lowest BCUT2D eigenvalue weighted by Gasteiger charge is -2.26. The van der Waals surface area contributed by atoms with Crippen molar-refractivity contribution in [2.75, 3.05) is 45.2 Å². The number of rotatable bonds is 3. The van der Waals surface area contributed by atoms with Crippen LogP contribution in [-0.2, 0) is 6.54 Å². The number of hydrogen-bond acceptors (Lipinski definition) is 5. The molecule has 0 aromatic carbocycles. The van der Waals surface area contributed by atoms with Crippen LogP contribution in [-0.4, -0.2) is 50.2 Å². The van der Waals surface area contributed by atoms with Gasteiger partial charge < -0.3 is 10.2 Å². The molecule has 1 aromatic rings. The van der Waals surface area contributed by atoms with Crippen molar-refractivity contribution in [1.29, 1.82) is 0 Å². The third-order valence-electron chi connectivity index (χ3n) is 2.51. The van der Waals surface area contributed by atoms with Gasteiger partial charge in [-0.2, -0.15) is 0 Å². The molecule has 6 heteroatoms. The second kappa shape index (κ2) is 6.39. The minimum Gasteiger partial charge on any atom is -0.354 e. The quantitative estimate of drug-likeness (QED) is 0.882. The number of piperazine rings is 1. The molecule has 0 unspecified atom stereocenters. The fourth-order valence-corrected chi connectivity index (χ4v) is 2.54. The van der Waals surface area contributed by atoms with Crippen molar-refractivity contribution in [3.05, 3.63) is 11.1 Å². The number of nitrogens with one attached hydrogen (secondary N) is 1. The summed E-state index contributed by atoms with van der Waals surface area (Å²) in [6.07, 6.45) is 2.00. The Morgan fingerprint density at radius 2 is 2.12 bits per heavy atom. The summed E-state index contributed by atoms with van der Waals surface area (Å²) in [6, 6.07) is 0. The van der Waals surface area contributed by atoms with Crippen molar-refractivity contribution < 1.29 is 0 Å². The lowest BCUT2D eigenvalue weighted by molar-refractivity contribution is 0.235. The van der Waals surface area contributed by atoms with Crippen LogP contribution < -0.4 is 10.2 Å². The summed E-state index contributed by atoms with van der Waals surface area (Å²) in [5.41, 5.74) is 0. The molecule has 2 heterocycles. The Balaban J connectivity index is 0.00000128. The minimum absolute atomic E-state index is 0. The van der Waals surface area contributed by atoms with Crippen LogP contribution in [0.3, 0.4) is 0 Å². The minimum atomic E-state index is 0. The van der Waals surface area contributed by atoms with E-state index in [1.54, 1.807) is 11.3 Å². The van der Waals surface area contributed by atoms with Gasteiger partial charge in [0, 0.05) is 57.9 Å². The van der Waals surface area contributed by atoms with E-state index < -0.39 is 0 Å². The predicted octanol–water partition coefficient (Wildman–Crippen LogP) is 1.04. The number of anilines is 1. The van der Waals surface area contributed by atoms with Gasteiger partial charge in [-0.25, -0.2) is 4.98 Å². The van der Waals surface area contributed by atoms with E-state index in [9.17, 15) is 0 Å². The first-order chi connectivity index (χ1) is 7.25. The highest BCUT2D eigenvalue weighted by Crippen LogP contribution is 2.21. The van der Waals surface area contributed by atoms with Gasteiger partial charge in [0.15, 0.2) is 5.13 Å². The Hall–Kier alpha value is -0.360. The third-order valence-corrected chi connectivity index (χ3v) is 3.66. The normalized spacial score (nSPS) is 16.9. The van der Waals surface area contributed by atoms with E-state index >= 15 is 0 Å². The molecule has 0 aliphatic carbocycles. The standard InChI is InChI=1S/C10H18N4S.ClH/c1-13(2)10-12-7-9(15-10)8-14-5-3-11-4-6-14;/h7,11H,3-6,8H2,1-2H3;1H. The van der Waals surface area contributed by atoms with Crippen LogP contribution in [0, 0.1) is 0 Å². The molecule has 0 atom stereocenters. The number of nitrogens with zero attached hydrogens (tertiary/aromatic N) is 3. The molecule has 1 N–H and O–H groups in total. The van der Waals surface area contributed by atoms with Crippen molar-refractivity contribution in [2.24, 2.45) is 0 Å². The zero-order valence-corrected chi connectivity index (χ0v) is 11.4. The van der Waals surface area contributed by atoms with Gasteiger partial charge in [0.25, 0.3) is 0 Å². The maximum Gasteiger partial charge on any atom is 0.185 e. The summed E-state index contributed by atoms with van der Waals surface area (Å²) in [4.78, 5) is 10.3. The lowest BCUT2D eigenvalue weighted by atomic mass is 10.3. The van der Waals surface area contributed by atoms with Gasteiger partial charge in [0.1, 0.15) is 0 Å². The predicted molar refractivity (Wildman–Crippen MR) is 71.8 cm³/mol. The summed E-state index contributed by atoms with van der Waals surface area (Å²) in [6.45, 7) is 5.57.